The Balaban J connectivity index is 0.000000324. The van der Waals surface area contributed by atoms with Crippen molar-refractivity contribution in [2.75, 3.05) is 13.1 Å². The monoisotopic (exact) mass is 1080 g/mol. The first kappa shape index (κ1) is 58.6. The molecule has 0 bridgehead atoms. The normalized spacial score (nSPS) is 21.6. The van der Waals surface area contributed by atoms with Gasteiger partial charge in [-0.3, -0.25) is 49.2 Å². The topological polar surface area (TPSA) is 390 Å². The van der Waals surface area contributed by atoms with Crippen molar-refractivity contribution in [1.82, 2.24) is 41.8 Å². The van der Waals surface area contributed by atoms with Gasteiger partial charge in [-0.1, -0.05) is 78.0 Å². The Hall–Kier alpha value is -9.67. The van der Waals surface area contributed by atoms with Crippen molar-refractivity contribution < 1.29 is 38.4 Å². The van der Waals surface area contributed by atoms with Crippen LogP contribution in [0, 0.1) is 46.3 Å². The number of nitrogens with two attached hydrogens (primary N) is 4. The minimum absolute atomic E-state index is 0.0192. The summed E-state index contributed by atoms with van der Waals surface area (Å²) >= 11 is 0. The average molecular weight is 1080 g/mol. The number of primary amides is 1. The summed E-state index contributed by atoms with van der Waals surface area (Å²) in [5.74, 6) is -4.50. The van der Waals surface area contributed by atoms with Gasteiger partial charge in [-0.05, 0) is 42.5 Å². The highest BCUT2D eigenvalue weighted by Crippen LogP contribution is 2.31. The maximum absolute atomic E-state index is 13.3. The fourth-order valence-electron chi connectivity index (χ4n) is 9.18. The van der Waals surface area contributed by atoms with Gasteiger partial charge in [0, 0.05) is 142 Å². The summed E-state index contributed by atoms with van der Waals surface area (Å²) in [7, 11) is 1.74. The molecule has 0 spiro atoms. The van der Waals surface area contributed by atoms with Gasteiger partial charge >= 0.3 is 0 Å². The molecule has 0 radical (unpaired) electrons. The number of aryl methyl sites for hydroxylation is 1. The molecule has 0 aliphatic heterocycles. The molecular weight excluding hydrogens is 1010 g/mol. The zero-order valence-corrected chi connectivity index (χ0v) is 44.9. The molecule has 6 aliphatic rings. The zero-order valence-electron chi connectivity index (χ0n) is 44.9. The molecule has 1 aromatic rings. The molecule has 0 saturated carbocycles. The summed E-state index contributed by atoms with van der Waals surface area (Å²) in [5, 5.41) is 34.1. The van der Waals surface area contributed by atoms with E-state index < -0.39 is 11.8 Å². The van der Waals surface area contributed by atoms with Gasteiger partial charge in [0.2, 0.25) is 17.7 Å². The maximum Gasteiger partial charge on any atom is 0.272 e. The molecule has 0 saturated heterocycles. The number of nitrogens with zero attached hydrogens (tertiary/aromatic N) is 2. The van der Waals surface area contributed by atoms with Crippen LogP contribution in [0.4, 0.5) is 5.69 Å². The van der Waals surface area contributed by atoms with E-state index >= 15 is 0 Å². The summed E-state index contributed by atoms with van der Waals surface area (Å²) in [6, 6.07) is 1.62. The smallest absolute Gasteiger partial charge is 0.272 e. The Morgan fingerprint density at radius 2 is 0.797 bits per heavy atom. The molecule has 414 valence electrons. The van der Waals surface area contributed by atoms with E-state index in [0.717, 1.165) is 6.34 Å². The molecule has 6 unspecified atom stereocenters. The Labute approximate surface area is 456 Å². The number of hydrogen-bond acceptors (Lipinski definition) is 11. The summed E-state index contributed by atoms with van der Waals surface area (Å²) in [6.07, 6.45) is 23.4. The van der Waals surface area contributed by atoms with Crippen LogP contribution in [0.25, 0.3) is 0 Å². The summed E-state index contributed by atoms with van der Waals surface area (Å²) in [5.41, 5.74) is 27.6. The van der Waals surface area contributed by atoms with Gasteiger partial charge in [0.25, 0.3) is 29.5 Å². The van der Waals surface area contributed by atoms with E-state index in [2.05, 4.69) is 42.2 Å². The minimum atomic E-state index is -0.608. The van der Waals surface area contributed by atoms with E-state index in [1.807, 2.05) is 34.6 Å². The van der Waals surface area contributed by atoms with Gasteiger partial charge in [0.05, 0.1) is 23.7 Å². The van der Waals surface area contributed by atoms with Crippen molar-refractivity contribution in [3.05, 3.63) is 158 Å². The van der Waals surface area contributed by atoms with Crippen LogP contribution in [0.1, 0.15) is 64.9 Å². The van der Waals surface area contributed by atoms with E-state index in [1.165, 1.54) is 6.08 Å². The standard InChI is InChI=1S/C39H44N8O6.C17H23N7O2/c1-18-8-23(34(42)48)13-28(18)36(50)44-25-10-20(3)30(15-25)38(52)46-27-12-22(5)32(17-27)39(53)47-26-11-21(4)31(16-26)37(51)45-24-9-19(2)29(14-24)35(49)43-7-6-33(40)41;1-10-5-11(6-13(10)16(25)21-4-3-15(19)20)23-17(26)14-7-12(22-9-18)8-24(14)2/h8-22H,6-7H2,1-5H3,(H3,40,41)(H2,42,48)(H,43,49)(H,44,50)(H,45,51)(H,46,52)(H,47,53);5-10H,3-4H2,1-2H3,(H2,18,22)(H3,19,20)(H,21,25)(H,23,26). The van der Waals surface area contributed by atoms with Crippen LogP contribution in [0.5, 0.6) is 0 Å². The van der Waals surface area contributed by atoms with E-state index in [0.29, 0.717) is 86.3 Å². The number of aliphatic imine (C=N–C) groups is 1. The van der Waals surface area contributed by atoms with E-state index in [-0.39, 0.29) is 101 Å². The Morgan fingerprint density at radius 3 is 1.10 bits per heavy atom. The molecule has 17 N–H and O–H groups in total. The molecule has 1 heterocycles. The van der Waals surface area contributed by atoms with E-state index in [1.54, 1.807) is 97.6 Å². The van der Waals surface area contributed by atoms with Crippen LogP contribution < -0.4 is 60.2 Å². The zero-order chi connectivity index (χ0) is 58.0. The van der Waals surface area contributed by atoms with Crippen molar-refractivity contribution in [3.8, 4) is 0 Å². The number of allylic oxidation sites excluding steroid dienone is 11. The largest absolute Gasteiger partial charge is 0.390 e. The van der Waals surface area contributed by atoms with Gasteiger partial charge in [-0.25, -0.2) is 4.99 Å². The first-order valence-electron chi connectivity index (χ1n) is 25.4. The Kier molecular flexibility index (Phi) is 18.9. The summed E-state index contributed by atoms with van der Waals surface area (Å²) < 4.78 is 1.65. The molecule has 6 atom stereocenters. The van der Waals surface area contributed by atoms with Crippen LogP contribution >= 0.6 is 0 Å². The summed E-state index contributed by atoms with van der Waals surface area (Å²) in [4.78, 5) is 105. The number of amidine groups is 2. The van der Waals surface area contributed by atoms with Crippen molar-refractivity contribution in [1.29, 1.82) is 10.8 Å². The lowest BCUT2D eigenvalue weighted by molar-refractivity contribution is -0.118. The first-order valence-corrected chi connectivity index (χ1v) is 25.4. The first-order chi connectivity index (χ1) is 37.3. The number of aromatic nitrogens is 1. The number of nitrogens with one attached hydrogen (secondary N) is 9. The average Bonchev–Trinajstić information content (AvgIpc) is 4.28. The van der Waals surface area contributed by atoms with Gasteiger partial charge < -0.3 is 64.7 Å². The third kappa shape index (κ3) is 15.1. The van der Waals surface area contributed by atoms with Crippen LogP contribution in [0.15, 0.2) is 158 Å². The molecule has 0 fully saturated rings. The fourth-order valence-corrected chi connectivity index (χ4v) is 9.18. The number of rotatable bonds is 20. The van der Waals surface area contributed by atoms with Crippen LogP contribution in [0.2, 0.25) is 0 Å². The lowest BCUT2D eigenvalue weighted by Crippen LogP contribution is -2.30. The highest BCUT2D eigenvalue weighted by Gasteiger charge is 2.31. The molecule has 7 rings (SSSR count). The molecule has 0 aromatic carbocycles. The van der Waals surface area contributed by atoms with Gasteiger partial charge in [-0.15, -0.1) is 0 Å². The SMILES string of the molecule is CC1C=C(NC(=O)C2=CC(NC(=O)C3=CC(NC(=O)C4=CC(NC(=O)C5=CC(C(N)=O)=CC5C)=CC4C)=CC3C)=CC2C)C=C1C(=O)NCCC(=N)N.CC1C=C(NC(=O)c2cc(N=CN)cn2C)C=C1C(=O)NCCC(=N)N. The quantitative estimate of drug-likeness (QED) is 0.0662. The van der Waals surface area contributed by atoms with Crippen molar-refractivity contribution in [3.63, 3.8) is 0 Å². The van der Waals surface area contributed by atoms with E-state index in [9.17, 15) is 38.4 Å². The van der Waals surface area contributed by atoms with Gasteiger partial charge in [0.15, 0.2) is 0 Å². The second-order valence-corrected chi connectivity index (χ2v) is 19.7. The van der Waals surface area contributed by atoms with Crippen molar-refractivity contribution in [2.45, 2.75) is 54.4 Å². The lowest BCUT2D eigenvalue weighted by atomic mass is 10.0. The van der Waals surface area contributed by atoms with Crippen molar-refractivity contribution >= 4 is 71.0 Å². The predicted octanol–water partition coefficient (Wildman–Crippen LogP) is 2.00. The second kappa shape index (κ2) is 25.4. The minimum Gasteiger partial charge on any atom is -0.390 e. The number of carbonyl (C=O) groups excluding carboxylic acids is 8. The maximum atomic E-state index is 13.3. The molecule has 8 amide bonds. The van der Waals surface area contributed by atoms with Crippen LogP contribution in [-0.4, -0.2) is 82.9 Å². The number of carbonyl (C=O) groups is 8. The number of amides is 8. The molecular formula is C56H67N15O8. The van der Waals surface area contributed by atoms with Gasteiger partial charge in [-0.2, -0.15) is 0 Å². The molecule has 23 heteroatoms. The lowest BCUT2D eigenvalue weighted by Gasteiger charge is -2.09. The third-order valence-electron chi connectivity index (χ3n) is 13.3. The third-order valence-corrected chi connectivity index (χ3v) is 13.3. The number of hydrogen-bond donors (Lipinski definition) is 13. The fraction of sp³-hybridized carbons (Fsp3) is 0.304. The van der Waals surface area contributed by atoms with Crippen LogP contribution in [-0.2, 0) is 40.6 Å². The molecule has 79 heavy (non-hydrogen) atoms. The van der Waals surface area contributed by atoms with Crippen molar-refractivity contribution in [2.24, 2.45) is 70.5 Å². The highest BCUT2D eigenvalue weighted by atomic mass is 16.2. The van der Waals surface area contributed by atoms with E-state index in [4.69, 9.17) is 33.8 Å². The predicted molar refractivity (Wildman–Crippen MR) is 298 cm³/mol. The molecule has 6 aliphatic carbocycles. The van der Waals surface area contributed by atoms with Crippen LogP contribution in [0.3, 0.4) is 0 Å². The Bertz CT molecular complexity index is 3240. The molecule has 1 aromatic heterocycles. The summed E-state index contributed by atoms with van der Waals surface area (Å²) in [6.45, 7) is 11.5. The van der Waals surface area contributed by atoms with Gasteiger partial charge in [0.1, 0.15) is 5.69 Å². The molecule has 23 nitrogen and oxygen atoms in total. The second-order valence-electron chi connectivity index (χ2n) is 19.7. The Morgan fingerprint density at radius 1 is 0.494 bits per heavy atom. The highest BCUT2D eigenvalue weighted by molar-refractivity contribution is 6.05.